The number of aromatic hydroxyl groups is 1. The average Bonchev–Trinajstić information content (AvgIpc) is 2.43. The minimum atomic E-state index is -1.02. The van der Waals surface area contributed by atoms with Crippen LogP contribution in [-0.4, -0.2) is 22.2 Å². The summed E-state index contributed by atoms with van der Waals surface area (Å²) in [5, 5.41) is 17.9. The van der Waals surface area contributed by atoms with Crippen LogP contribution in [-0.2, 0) is 11.2 Å². The van der Waals surface area contributed by atoms with E-state index in [2.05, 4.69) is 0 Å². The zero-order chi connectivity index (χ0) is 14.5. The molecule has 0 aliphatic heterocycles. The van der Waals surface area contributed by atoms with Gasteiger partial charge in [-0.15, -0.1) is 24.0 Å². The second-order valence-corrected chi connectivity index (χ2v) is 4.39. The number of carboxylic acid groups (broad SMARTS) is 1. The van der Waals surface area contributed by atoms with Crippen molar-refractivity contribution in [3.05, 3.63) is 54.1 Å². The molecule has 5 nitrogen and oxygen atoms in total. The fourth-order valence-electron chi connectivity index (χ4n) is 1.69. The lowest BCUT2D eigenvalue weighted by atomic mass is 10.1. The molecule has 21 heavy (non-hydrogen) atoms. The molecule has 0 saturated carbocycles. The molecule has 0 bridgehead atoms. The molecule has 2 rings (SSSR count). The van der Waals surface area contributed by atoms with E-state index < -0.39 is 12.0 Å². The highest BCUT2D eigenvalue weighted by Crippen LogP contribution is 2.23. The SMILES string of the molecule is I.N[C@@H](Cc1ccc(Oc2ccc(O)cc2)cc1)C(=O)O. The molecule has 0 fully saturated rings. The van der Waals surface area contributed by atoms with E-state index in [0.717, 1.165) is 5.56 Å². The lowest BCUT2D eigenvalue weighted by molar-refractivity contribution is -0.138. The highest BCUT2D eigenvalue weighted by molar-refractivity contribution is 14.0. The summed E-state index contributed by atoms with van der Waals surface area (Å²) in [4.78, 5) is 10.7. The molecular weight excluding hydrogens is 385 g/mol. The van der Waals surface area contributed by atoms with Gasteiger partial charge in [-0.1, -0.05) is 12.1 Å². The van der Waals surface area contributed by atoms with Crippen molar-refractivity contribution in [2.75, 3.05) is 0 Å². The van der Waals surface area contributed by atoms with Crippen LogP contribution < -0.4 is 10.5 Å². The number of hydrogen-bond donors (Lipinski definition) is 3. The van der Waals surface area contributed by atoms with Crippen LogP contribution in [0.5, 0.6) is 17.2 Å². The fourth-order valence-corrected chi connectivity index (χ4v) is 1.69. The molecule has 0 amide bonds. The molecule has 0 heterocycles. The van der Waals surface area contributed by atoms with Gasteiger partial charge in [-0.05, 0) is 48.4 Å². The first-order valence-corrected chi connectivity index (χ1v) is 6.09. The third-order valence-corrected chi connectivity index (χ3v) is 2.77. The Morgan fingerprint density at radius 2 is 1.52 bits per heavy atom. The summed E-state index contributed by atoms with van der Waals surface area (Å²) in [6.07, 6.45) is 0.273. The third kappa shape index (κ3) is 5.24. The van der Waals surface area contributed by atoms with Gasteiger partial charge in [0.2, 0.25) is 0 Å². The maximum Gasteiger partial charge on any atom is 0.320 e. The summed E-state index contributed by atoms with van der Waals surface area (Å²) in [6, 6.07) is 12.5. The van der Waals surface area contributed by atoms with Crippen LogP contribution >= 0.6 is 24.0 Å². The first-order valence-electron chi connectivity index (χ1n) is 6.09. The molecule has 0 radical (unpaired) electrons. The van der Waals surface area contributed by atoms with Gasteiger partial charge in [0.1, 0.15) is 23.3 Å². The Hall–Kier alpha value is -1.80. The number of phenolic OH excluding ortho intramolecular Hbond substituents is 1. The maximum absolute atomic E-state index is 10.7. The topological polar surface area (TPSA) is 92.8 Å². The van der Waals surface area contributed by atoms with Gasteiger partial charge in [0.15, 0.2) is 0 Å². The zero-order valence-corrected chi connectivity index (χ0v) is 13.4. The molecule has 0 spiro atoms. The number of halogens is 1. The number of carboxylic acids is 1. The minimum Gasteiger partial charge on any atom is -0.508 e. The second-order valence-electron chi connectivity index (χ2n) is 4.39. The van der Waals surface area contributed by atoms with Crippen LogP contribution in [0.1, 0.15) is 5.56 Å². The van der Waals surface area contributed by atoms with Crippen molar-refractivity contribution in [1.29, 1.82) is 0 Å². The molecule has 4 N–H and O–H groups in total. The highest BCUT2D eigenvalue weighted by Gasteiger charge is 2.11. The Morgan fingerprint density at radius 1 is 1.05 bits per heavy atom. The molecule has 0 aromatic heterocycles. The van der Waals surface area contributed by atoms with E-state index in [9.17, 15) is 9.90 Å². The molecule has 0 aliphatic rings. The Morgan fingerprint density at radius 3 is 2.00 bits per heavy atom. The fraction of sp³-hybridized carbons (Fsp3) is 0.133. The molecule has 2 aromatic rings. The van der Waals surface area contributed by atoms with Crippen molar-refractivity contribution in [3.8, 4) is 17.2 Å². The summed E-state index contributed by atoms with van der Waals surface area (Å²) in [5.74, 6) is 0.394. The van der Waals surface area contributed by atoms with E-state index >= 15 is 0 Å². The molecular formula is C15H16INO4. The van der Waals surface area contributed by atoms with Gasteiger partial charge >= 0.3 is 5.97 Å². The number of ether oxygens (including phenoxy) is 1. The number of rotatable bonds is 5. The summed E-state index contributed by atoms with van der Waals surface area (Å²) >= 11 is 0. The lowest BCUT2D eigenvalue weighted by Gasteiger charge is -2.08. The van der Waals surface area contributed by atoms with E-state index in [1.165, 1.54) is 12.1 Å². The second kappa shape index (κ2) is 7.84. The van der Waals surface area contributed by atoms with Crippen molar-refractivity contribution >= 4 is 29.9 Å². The first-order chi connectivity index (χ1) is 9.54. The minimum absolute atomic E-state index is 0. The molecule has 1 atom stereocenters. The van der Waals surface area contributed by atoms with Crippen LogP contribution in [0, 0.1) is 0 Å². The quantitative estimate of drug-likeness (QED) is 0.671. The van der Waals surface area contributed by atoms with Crippen LogP contribution in [0.25, 0.3) is 0 Å². The zero-order valence-electron chi connectivity index (χ0n) is 11.1. The highest BCUT2D eigenvalue weighted by atomic mass is 127. The number of carbonyl (C=O) groups is 1. The Labute approximate surface area is 139 Å². The van der Waals surface area contributed by atoms with E-state index in [1.807, 2.05) is 0 Å². The Kier molecular flexibility index (Phi) is 6.44. The summed E-state index contributed by atoms with van der Waals surface area (Å²) in [6.45, 7) is 0. The largest absolute Gasteiger partial charge is 0.508 e. The van der Waals surface area contributed by atoms with Gasteiger partial charge in [0.05, 0.1) is 0 Å². The smallest absolute Gasteiger partial charge is 0.320 e. The van der Waals surface area contributed by atoms with Crippen LogP contribution in [0.15, 0.2) is 48.5 Å². The van der Waals surface area contributed by atoms with Gasteiger partial charge < -0.3 is 20.7 Å². The lowest BCUT2D eigenvalue weighted by Crippen LogP contribution is -2.32. The van der Waals surface area contributed by atoms with Crippen LogP contribution in [0.2, 0.25) is 0 Å². The number of hydrogen-bond acceptors (Lipinski definition) is 4. The summed E-state index contributed by atoms with van der Waals surface area (Å²) in [7, 11) is 0. The predicted molar refractivity (Wildman–Crippen MR) is 89.4 cm³/mol. The van der Waals surface area contributed by atoms with E-state index in [4.69, 9.17) is 15.6 Å². The van der Waals surface area contributed by atoms with Crippen LogP contribution in [0.3, 0.4) is 0 Å². The van der Waals surface area contributed by atoms with Crippen LogP contribution in [0.4, 0.5) is 0 Å². The summed E-state index contributed by atoms with van der Waals surface area (Å²) < 4.78 is 5.58. The van der Waals surface area contributed by atoms with Crippen molar-refractivity contribution in [1.82, 2.24) is 0 Å². The van der Waals surface area contributed by atoms with Crippen molar-refractivity contribution in [2.45, 2.75) is 12.5 Å². The molecule has 6 heteroatoms. The van der Waals surface area contributed by atoms with Gasteiger partial charge in [-0.25, -0.2) is 0 Å². The Bertz CT molecular complexity index is 584. The number of phenols is 1. The van der Waals surface area contributed by atoms with Crippen molar-refractivity contribution < 1.29 is 19.7 Å². The van der Waals surface area contributed by atoms with Gasteiger partial charge in [-0.3, -0.25) is 4.79 Å². The van der Waals surface area contributed by atoms with E-state index in [0.29, 0.717) is 11.5 Å². The van der Waals surface area contributed by atoms with Gasteiger partial charge in [0, 0.05) is 0 Å². The molecule has 0 aliphatic carbocycles. The van der Waals surface area contributed by atoms with Gasteiger partial charge in [-0.2, -0.15) is 0 Å². The third-order valence-electron chi connectivity index (χ3n) is 2.77. The first kappa shape index (κ1) is 17.3. The molecule has 0 unspecified atom stereocenters. The van der Waals surface area contributed by atoms with Gasteiger partial charge in [0.25, 0.3) is 0 Å². The van der Waals surface area contributed by atoms with E-state index in [-0.39, 0.29) is 36.1 Å². The standard InChI is InChI=1S/C15H15NO4.HI/c16-14(15(18)19)9-10-1-5-12(6-2-10)20-13-7-3-11(17)4-8-13;/h1-8,14,17H,9,16H2,(H,18,19);1H/t14-;/m0./s1. The molecule has 2 aromatic carbocycles. The number of benzene rings is 2. The number of aliphatic carboxylic acids is 1. The predicted octanol–water partition coefficient (Wildman–Crippen LogP) is 2.76. The van der Waals surface area contributed by atoms with Crippen molar-refractivity contribution in [2.24, 2.45) is 5.73 Å². The van der Waals surface area contributed by atoms with Crippen molar-refractivity contribution in [3.63, 3.8) is 0 Å². The monoisotopic (exact) mass is 401 g/mol. The molecule has 112 valence electrons. The molecule has 0 saturated heterocycles. The maximum atomic E-state index is 10.7. The normalized spacial score (nSPS) is 11.3. The Balaban J connectivity index is 0.00000220. The average molecular weight is 401 g/mol. The van der Waals surface area contributed by atoms with E-state index in [1.54, 1.807) is 36.4 Å². The summed E-state index contributed by atoms with van der Waals surface area (Å²) in [5.41, 5.74) is 6.30. The number of nitrogens with two attached hydrogens (primary N) is 1.